The SMILES string of the molecule is O=C(Cl)c1ccccc1OCCCCCOc1ccccc1C(=O)Cl. The number of carbonyl (C=O) groups is 2. The molecule has 2 aromatic rings. The number of rotatable bonds is 10. The predicted octanol–water partition coefficient (Wildman–Crippen LogP) is 5.07. The standard InChI is InChI=1S/C19H18Cl2O4/c20-18(22)14-8-2-4-10-16(14)24-12-6-1-7-13-25-17-11-5-3-9-15(17)19(21)23/h2-5,8-11H,1,6-7,12-13H2. The first-order valence-corrected chi connectivity index (χ1v) is 8.68. The molecule has 0 aliphatic carbocycles. The van der Waals surface area contributed by atoms with Crippen molar-refractivity contribution in [3.05, 3.63) is 59.7 Å². The van der Waals surface area contributed by atoms with Crippen LogP contribution in [-0.4, -0.2) is 23.7 Å². The number of unbranched alkanes of at least 4 members (excludes halogenated alkanes) is 2. The molecule has 2 rings (SSSR count). The van der Waals surface area contributed by atoms with Gasteiger partial charge >= 0.3 is 0 Å². The summed E-state index contributed by atoms with van der Waals surface area (Å²) < 4.78 is 11.2. The van der Waals surface area contributed by atoms with Crippen molar-refractivity contribution in [1.29, 1.82) is 0 Å². The van der Waals surface area contributed by atoms with Crippen molar-refractivity contribution in [3.8, 4) is 11.5 Å². The van der Waals surface area contributed by atoms with Gasteiger partial charge in [0.25, 0.3) is 10.5 Å². The van der Waals surface area contributed by atoms with Crippen LogP contribution in [0, 0.1) is 0 Å². The second-order valence-corrected chi connectivity index (χ2v) is 5.98. The van der Waals surface area contributed by atoms with E-state index in [1.807, 2.05) is 0 Å². The molecule has 0 radical (unpaired) electrons. The van der Waals surface area contributed by atoms with Crippen LogP contribution in [0.1, 0.15) is 40.0 Å². The molecular weight excluding hydrogens is 363 g/mol. The van der Waals surface area contributed by atoms with Gasteiger partial charge in [0, 0.05) is 0 Å². The van der Waals surface area contributed by atoms with Gasteiger partial charge in [-0.25, -0.2) is 0 Å². The van der Waals surface area contributed by atoms with Gasteiger partial charge in [-0.3, -0.25) is 9.59 Å². The fraction of sp³-hybridized carbons (Fsp3) is 0.263. The minimum Gasteiger partial charge on any atom is -0.493 e. The van der Waals surface area contributed by atoms with Crippen molar-refractivity contribution in [2.45, 2.75) is 19.3 Å². The Kier molecular flexibility index (Phi) is 7.76. The first-order valence-electron chi connectivity index (χ1n) is 7.93. The molecule has 6 heteroatoms. The summed E-state index contributed by atoms with van der Waals surface area (Å²) >= 11 is 11.0. The molecule has 0 bridgehead atoms. The zero-order chi connectivity index (χ0) is 18.1. The van der Waals surface area contributed by atoms with Gasteiger partial charge in [-0.05, 0) is 66.7 Å². The lowest BCUT2D eigenvalue weighted by molar-refractivity contribution is 0.107. The third kappa shape index (κ3) is 6.07. The topological polar surface area (TPSA) is 52.6 Å². The quantitative estimate of drug-likeness (QED) is 0.426. The van der Waals surface area contributed by atoms with E-state index in [-0.39, 0.29) is 0 Å². The minimum atomic E-state index is -0.531. The zero-order valence-corrected chi connectivity index (χ0v) is 15.1. The lowest BCUT2D eigenvalue weighted by atomic mass is 10.2. The Morgan fingerprint density at radius 3 is 1.48 bits per heavy atom. The number of carbonyl (C=O) groups excluding carboxylic acids is 2. The molecule has 25 heavy (non-hydrogen) atoms. The van der Waals surface area contributed by atoms with E-state index in [1.54, 1.807) is 48.5 Å². The van der Waals surface area contributed by atoms with Crippen molar-refractivity contribution < 1.29 is 19.1 Å². The summed E-state index contributed by atoms with van der Waals surface area (Å²) in [5.74, 6) is 0.988. The Morgan fingerprint density at radius 1 is 0.680 bits per heavy atom. The maximum Gasteiger partial charge on any atom is 0.256 e. The highest BCUT2D eigenvalue weighted by atomic mass is 35.5. The average Bonchev–Trinajstić information content (AvgIpc) is 2.61. The van der Waals surface area contributed by atoms with E-state index >= 15 is 0 Å². The smallest absolute Gasteiger partial charge is 0.256 e. The maximum absolute atomic E-state index is 11.3. The lowest BCUT2D eigenvalue weighted by Gasteiger charge is -2.10. The van der Waals surface area contributed by atoms with Gasteiger partial charge in [0.05, 0.1) is 24.3 Å². The van der Waals surface area contributed by atoms with E-state index in [4.69, 9.17) is 32.7 Å². The van der Waals surface area contributed by atoms with Crippen LogP contribution in [0.4, 0.5) is 0 Å². The van der Waals surface area contributed by atoms with E-state index in [2.05, 4.69) is 0 Å². The lowest BCUT2D eigenvalue weighted by Crippen LogP contribution is -2.04. The molecule has 0 heterocycles. The van der Waals surface area contributed by atoms with Crippen LogP contribution in [0.2, 0.25) is 0 Å². The fourth-order valence-corrected chi connectivity index (χ4v) is 2.57. The predicted molar refractivity (Wildman–Crippen MR) is 98.1 cm³/mol. The third-order valence-corrected chi connectivity index (χ3v) is 3.91. The maximum atomic E-state index is 11.3. The summed E-state index contributed by atoms with van der Waals surface area (Å²) in [7, 11) is 0. The highest BCUT2D eigenvalue weighted by molar-refractivity contribution is 6.68. The van der Waals surface area contributed by atoms with Gasteiger partial charge in [0.15, 0.2) is 0 Å². The molecule has 0 unspecified atom stereocenters. The van der Waals surface area contributed by atoms with E-state index in [1.165, 1.54) is 0 Å². The first kappa shape index (κ1) is 19.3. The van der Waals surface area contributed by atoms with Crippen LogP contribution in [0.25, 0.3) is 0 Å². The molecule has 2 aromatic carbocycles. The number of benzene rings is 2. The number of halogens is 2. The van der Waals surface area contributed by atoms with E-state index < -0.39 is 10.5 Å². The number of hydrogen-bond donors (Lipinski definition) is 0. The van der Waals surface area contributed by atoms with Crippen molar-refractivity contribution in [2.24, 2.45) is 0 Å². The molecule has 0 saturated carbocycles. The second kappa shape index (κ2) is 10.1. The zero-order valence-electron chi connectivity index (χ0n) is 13.5. The van der Waals surface area contributed by atoms with Crippen LogP contribution in [0.15, 0.2) is 48.5 Å². The molecule has 0 aliphatic heterocycles. The Labute approximate surface area is 156 Å². The Hall–Kier alpha value is -2.04. The minimum absolute atomic E-state index is 0.370. The van der Waals surface area contributed by atoms with Crippen molar-refractivity contribution >= 4 is 33.7 Å². The molecule has 0 aromatic heterocycles. The Bertz CT molecular complexity index is 669. The molecule has 0 aliphatic rings. The van der Waals surface area contributed by atoms with Gasteiger partial charge in [-0.15, -0.1) is 0 Å². The molecule has 4 nitrogen and oxygen atoms in total. The monoisotopic (exact) mass is 380 g/mol. The van der Waals surface area contributed by atoms with Crippen LogP contribution in [-0.2, 0) is 0 Å². The van der Waals surface area contributed by atoms with Crippen molar-refractivity contribution in [3.63, 3.8) is 0 Å². The van der Waals surface area contributed by atoms with Crippen LogP contribution in [0.5, 0.6) is 11.5 Å². The van der Waals surface area contributed by atoms with Crippen LogP contribution in [0.3, 0.4) is 0 Å². The van der Waals surface area contributed by atoms with Crippen LogP contribution < -0.4 is 9.47 Å². The summed E-state index contributed by atoms with van der Waals surface area (Å²) in [6.07, 6.45) is 2.50. The van der Waals surface area contributed by atoms with Gasteiger partial charge in [0.2, 0.25) is 0 Å². The van der Waals surface area contributed by atoms with Crippen LogP contribution >= 0.6 is 23.2 Å². The number of para-hydroxylation sites is 2. The normalized spacial score (nSPS) is 10.3. The highest BCUT2D eigenvalue weighted by Crippen LogP contribution is 2.21. The molecule has 132 valence electrons. The molecule has 0 spiro atoms. The summed E-state index contributed by atoms with van der Waals surface area (Å²) in [5, 5.41) is -1.06. The van der Waals surface area contributed by atoms with E-state index in [9.17, 15) is 9.59 Å². The first-order chi connectivity index (χ1) is 12.1. The number of hydrogen-bond acceptors (Lipinski definition) is 4. The van der Waals surface area contributed by atoms with Gasteiger partial charge in [0.1, 0.15) is 11.5 Å². The second-order valence-electron chi connectivity index (χ2n) is 5.30. The Balaban J connectivity index is 1.68. The molecular formula is C19H18Cl2O4. The van der Waals surface area contributed by atoms with Crippen molar-refractivity contribution in [2.75, 3.05) is 13.2 Å². The molecule has 0 fully saturated rings. The summed E-state index contributed by atoms with van der Waals surface area (Å²) in [5.41, 5.74) is 0.740. The molecule has 0 N–H and O–H groups in total. The average molecular weight is 381 g/mol. The van der Waals surface area contributed by atoms with E-state index in [0.29, 0.717) is 35.8 Å². The van der Waals surface area contributed by atoms with Gasteiger partial charge in [-0.2, -0.15) is 0 Å². The van der Waals surface area contributed by atoms with Gasteiger partial charge < -0.3 is 9.47 Å². The summed E-state index contributed by atoms with van der Waals surface area (Å²) in [6.45, 7) is 0.968. The van der Waals surface area contributed by atoms with Crippen molar-refractivity contribution in [1.82, 2.24) is 0 Å². The van der Waals surface area contributed by atoms with Gasteiger partial charge in [-0.1, -0.05) is 24.3 Å². The molecule has 0 atom stereocenters. The molecule has 0 saturated heterocycles. The largest absolute Gasteiger partial charge is 0.493 e. The Morgan fingerprint density at radius 2 is 1.08 bits per heavy atom. The summed E-state index contributed by atoms with van der Waals surface area (Å²) in [4.78, 5) is 22.6. The highest BCUT2D eigenvalue weighted by Gasteiger charge is 2.10. The molecule has 0 amide bonds. The number of ether oxygens (including phenoxy) is 2. The van der Waals surface area contributed by atoms with E-state index in [0.717, 1.165) is 19.3 Å². The fourth-order valence-electron chi connectivity index (χ4n) is 2.25. The third-order valence-electron chi connectivity index (χ3n) is 3.50. The summed E-state index contributed by atoms with van der Waals surface area (Å²) in [6, 6.07) is 13.8.